The van der Waals surface area contributed by atoms with Crippen LogP contribution >= 0.6 is 43.2 Å². The number of rotatable bonds is 8. The molecule has 0 saturated carbocycles. The molecule has 1 heterocycles. The molecule has 0 radical (unpaired) electrons. The molecule has 162 valence electrons. The summed E-state index contributed by atoms with van der Waals surface area (Å²) in [5.41, 5.74) is 2.74. The van der Waals surface area contributed by atoms with Gasteiger partial charge in [-0.05, 0) is 65.2 Å². The molecular weight excluding hydrogens is 544 g/mol. The zero-order valence-corrected chi connectivity index (χ0v) is 21.4. The number of hydrogen-bond donors (Lipinski definition) is 1. The van der Waals surface area contributed by atoms with Gasteiger partial charge < -0.3 is 9.47 Å². The molecule has 0 atom stereocenters. The Balaban J connectivity index is 1.76. The Labute approximate surface area is 202 Å². The van der Waals surface area contributed by atoms with E-state index in [0.29, 0.717) is 23.2 Å². The standard InChI is InChI=1S/C23H22Br2N2O3S/c1-4-19-21(15-7-9-16(24)10-8-15)27-23(31-19)26-20(28)11-6-14-12-17(25)22(30-5-2)18(13-14)29-3/h6-13H,4-5H2,1-3H3,(H,26,27,28)/b11-6+. The molecule has 2 aromatic carbocycles. The van der Waals surface area contributed by atoms with Gasteiger partial charge in [-0.3, -0.25) is 10.1 Å². The highest BCUT2D eigenvalue weighted by atomic mass is 79.9. The van der Waals surface area contributed by atoms with E-state index in [1.807, 2.05) is 43.3 Å². The molecule has 1 amide bonds. The average Bonchev–Trinajstić information content (AvgIpc) is 3.17. The monoisotopic (exact) mass is 564 g/mol. The van der Waals surface area contributed by atoms with Crippen molar-refractivity contribution in [3.8, 4) is 22.8 Å². The summed E-state index contributed by atoms with van der Waals surface area (Å²) in [6, 6.07) is 11.7. The quantitative estimate of drug-likeness (QED) is 0.300. The number of amides is 1. The van der Waals surface area contributed by atoms with Crippen molar-refractivity contribution in [1.82, 2.24) is 4.98 Å². The lowest BCUT2D eigenvalue weighted by molar-refractivity contribution is -0.111. The fourth-order valence-electron chi connectivity index (χ4n) is 2.92. The number of carbonyl (C=O) groups excluding carboxylic acids is 1. The minimum Gasteiger partial charge on any atom is -0.493 e. The Morgan fingerprint density at radius 3 is 2.58 bits per heavy atom. The number of aryl methyl sites for hydroxylation is 1. The van der Waals surface area contributed by atoms with Crippen LogP contribution in [0.25, 0.3) is 17.3 Å². The van der Waals surface area contributed by atoms with Gasteiger partial charge in [-0.25, -0.2) is 4.98 Å². The summed E-state index contributed by atoms with van der Waals surface area (Å²) in [6.45, 7) is 4.52. The van der Waals surface area contributed by atoms with Gasteiger partial charge in [0.2, 0.25) is 5.91 Å². The summed E-state index contributed by atoms with van der Waals surface area (Å²) in [6.07, 6.45) is 4.05. The van der Waals surface area contributed by atoms with Gasteiger partial charge in [0, 0.05) is 21.0 Å². The van der Waals surface area contributed by atoms with Crippen LogP contribution < -0.4 is 14.8 Å². The first-order chi connectivity index (χ1) is 14.9. The van der Waals surface area contributed by atoms with Gasteiger partial charge in [-0.15, -0.1) is 11.3 Å². The van der Waals surface area contributed by atoms with E-state index in [2.05, 4.69) is 49.1 Å². The molecule has 1 aromatic heterocycles. The number of ether oxygens (including phenoxy) is 2. The molecule has 31 heavy (non-hydrogen) atoms. The minimum absolute atomic E-state index is 0.247. The maximum Gasteiger partial charge on any atom is 0.250 e. The lowest BCUT2D eigenvalue weighted by Crippen LogP contribution is -2.07. The van der Waals surface area contributed by atoms with Crippen LogP contribution in [0.1, 0.15) is 24.3 Å². The topological polar surface area (TPSA) is 60.5 Å². The van der Waals surface area contributed by atoms with Gasteiger partial charge in [0.25, 0.3) is 0 Å². The first-order valence-corrected chi connectivity index (χ1v) is 12.1. The highest BCUT2D eigenvalue weighted by molar-refractivity contribution is 9.10. The van der Waals surface area contributed by atoms with Crippen LogP contribution in [0, 0.1) is 0 Å². The van der Waals surface area contributed by atoms with Gasteiger partial charge in [0.15, 0.2) is 16.6 Å². The van der Waals surface area contributed by atoms with Gasteiger partial charge in [-0.1, -0.05) is 35.0 Å². The first kappa shape index (κ1) is 23.5. The van der Waals surface area contributed by atoms with Crippen molar-refractivity contribution in [2.24, 2.45) is 0 Å². The molecular formula is C23H22Br2N2O3S. The van der Waals surface area contributed by atoms with Crippen LogP contribution in [-0.4, -0.2) is 24.6 Å². The molecule has 5 nitrogen and oxygen atoms in total. The van der Waals surface area contributed by atoms with Crippen molar-refractivity contribution in [3.63, 3.8) is 0 Å². The number of carbonyl (C=O) groups is 1. The summed E-state index contributed by atoms with van der Waals surface area (Å²) in [4.78, 5) is 18.2. The second kappa shape index (κ2) is 10.9. The Kier molecular flexibility index (Phi) is 8.28. The number of halogens is 2. The van der Waals surface area contributed by atoms with Crippen molar-refractivity contribution in [1.29, 1.82) is 0 Å². The van der Waals surface area contributed by atoms with Crippen LogP contribution in [0.15, 0.2) is 51.4 Å². The van der Waals surface area contributed by atoms with Crippen molar-refractivity contribution < 1.29 is 14.3 Å². The number of aromatic nitrogens is 1. The largest absolute Gasteiger partial charge is 0.493 e. The van der Waals surface area contributed by atoms with Crippen LogP contribution in [-0.2, 0) is 11.2 Å². The molecule has 0 aliphatic carbocycles. The summed E-state index contributed by atoms with van der Waals surface area (Å²) in [5.74, 6) is 0.993. The maximum atomic E-state index is 12.5. The highest BCUT2D eigenvalue weighted by Crippen LogP contribution is 2.37. The zero-order valence-electron chi connectivity index (χ0n) is 17.4. The number of anilines is 1. The predicted octanol–water partition coefficient (Wildman–Crippen LogP) is 6.96. The normalized spacial score (nSPS) is 11.0. The average molecular weight is 566 g/mol. The molecule has 0 bridgehead atoms. The Bertz CT molecular complexity index is 1090. The second-order valence-electron chi connectivity index (χ2n) is 6.44. The summed E-state index contributed by atoms with van der Waals surface area (Å²) < 4.78 is 12.8. The third-order valence-electron chi connectivity index (χ3n) is 4.33. The number of methoxy groups -OCH3 is 1. The van der Waals surface area contributed by atoms with Gasteiger partial charge in [0.1, 0.15) is 0 Å². The smallest absolute Gasteiger partial charge is 0.250 e. The maximum absolute atomic E-state index is 12.5. The Morgan fingerprint density at radius 1 is 1.19 bits per heavy atom. The van der Waals surface area contributed by atoms with E-state index < -0.39 is 0 Å². The fraction of sp³-hybridized carbons (Fsp3) is 0.217. The van der Waals surface area contributed by atoms with Gasteiger partial charge in [0.05, 0.1) is 23.9 Å². The van der Waals surface area contributed by atoms with Gasteiger partial charge in [-0.2, -0.15) is 0 Å². The molecule has 3 aromatic rings. The number of thiazole rings is 1. The Morgan fingerprint density at radius 2 is 1.94 bits per heavy atom. The van der Waals surface area contributed by atoms with E-state index in [0.717, 1.165) is 37.1 Å². The molecule has 0 fully saturated rings. The Hall–Kier alpha value is -2.16. The van der Waals surface area contributed by atoms with Crippen LogP contribution in [0.4, 0.5) is 5.13 Å². The van der Waals surface area contributed by atoms with E-state index in [-0.39, 0.29) is 5.91 Å². The second-order valence-corrected chi connectivity index (χ2v) is 9.29. The molecule has 3 rings (SSSR count). The molecule has 8 heteroatoms. The van der Waals surface area contributed by atoms with E-state index in [4.69, 9.17) is 9.47 Å². The van der Waals surface area contributed by atoms with Crippen molar-refractivity contribution >= 4 is 60.3 Å². The summed E-state index contributed by atoms with van der Waals surface area (Å²) >= 11 is 8.44. The molecule has 0 unspecified atom stereocenters. The van der Waals surface area contributed by atoms with E-state index in [9.17, 15) is 4.79 Å². The van der Waals surface area contributed by atoms with E-state index in [1.54, 1.807) is 13.2 Å². The predicted molar refractivity (Wildman–Crippen MR) is 134 cm³/mol. The van der Waals surface area contributed by atoms with Crippen LogP contribution in [0.3, 0.4) is 0 Å². The fourth-order valence-corrected chi connectivity index (χ4v) is 4.68. The number of nitrogens with one attached hydrogen (secondary N) is 1. The minimum atomic E-state index is -0.247. The highest BCUT2D eigenvalue weighted by Gasteiger charge is 2.14. The summed E-state index contributed by atoms with van der Waals surface area (Å²) in [5, 5.41) is 3.45. The number of nitrogens with zero attached hydrogens (tertiary/aromatic N) is 1. The van der Waals surface area contributed by atoms with Crippen molar-refractivity contribution in [3.05, 3.63) is 61.9 Å². The van der Waals surface area contributed by atoms with Crippen molar-refractivity contribution in [2.75, 3.05) is 19.0 Å². The van der Waals surface area contributed by atoms with E-state index in [1.165, 1.54) is 17.4 Å². The molecule has 0 aliphatic heterocycles. The molecule has 0 saturated heterocycles. The lowest BCUT2D eigenvalue weighted by Gasteiger charge is -2.12. The van der Waals surface area contributed by atoms with Crippen LogP contribution in [0.5, 0.6) is 11.5 Å². The third-order valence-corrected chi connectivity index (χ3v) is 6.57. The number of hydrogen-bond acceptors (Lipinski definition) is 5. The van der Waals surface area contributed by atoms with Crippen molar-refractivity contribution in [2.45, 2.75) is 20.3 Å². The van der Waals surface area contributed by atoms with Crippen LogP contribution in [0.2, 0.25) is 0 Å². The zero-order chi connectivity index (χ0) is 22.4. The first-order valence-electron chi connectivity index (χ1n) is 9.70. The number of benzene rings is 2. The van der Waals surface area contributed by atoms with Gasteiger partial charge >= 0.3 is 0 Å². The molecule has 0 aliphatic rings. The summed E-state index contributed by atoms with van der Waals surface area (Å²) in [7, 11) is 1.58. The molecule has 0 spiro atoms. The SMILES string of the molecule is CCOc1c(Br)cc(/C=C/C(=O)Nc2nc(-c3ccc(Br)cc3)c(CC)s2)cc1OC. The lowest BCUT2D eigenvalue weighted by atomic mass is 10.1. The molecule has 1 N–H and O–H groups in total. The third kappa shape index (κ3) is 5.96. The van der Waals surface area contributed by atoms with E-state index >= 15 is 0 Å².